The van der Waals surface area contributed by atoms with Gasteiger partial charge in [0.25, 0.3) is 0 Å². The smallest absolute Gasteiger partial charge is 0.358 e. The zero-order valence-electron chi connectivity index (χ0n) is 10.8. The van der Waals surface area contributed by atoms with Crippen molar-refractivity contribution in [2.75, 3.05) is 12.4 Å². The van der Waals surface area contributed by atoms with E-state index in [0.29, 0.717) is 11.6 Å². The Kier molecular flexibility index (Phi) is 3.10. The predicted molar refractivity (Wildman–Crippen MR) is 68.4 cm³/mol. The molecule has 1 aromatic heterocycles. The summed E-state index contributed by atoms with van der Waals surface area (Å²) >= 11 is 0. The molecule has 0 aliphatic heterocycles. The van der Waals surface area contributed by atoms with Gasteiger partial charge >= 0.3 is 5.97 Å². The van der Waals surface area contributed by atoms with Gasteiger partial charge < -0.3 is 15.2 Å². The fourth-order valence-electron chi connectivity index (χ4n) is 2.35. The van der Waals surface area contributed by atoms with Gasteiger partial charge in [-0.05, 0) is 31.7 Å². The molecule has 0 bridgehead atoms. The fourth-order valence-corrected chi connectivity index (χ4v) is 2.35. The highest BCUT2D eigenvalue weighted by Crippen LogP contribution is 2.40. The van der Waals surface area contributed by atoms with Crippen LogP contribution in [-0.2, 0) is 4.74 Å². The minimum Gasteiger partial charge on any atom is -0.476 e. The molecule has 3 rings (SSSR count). The molecular weight excluding hydrogens is 246 g/mol. The molecule has 2 aliphatic rings. The van der Waals surface area contributed by atoms with Crippen molar-refractivity contribution in [2.24, 2.45) is 0 Å². The Balaban J connectivity index is 1.77. The van der Waals surface area contributed by atoms with Gasteiger partial charge in [0.05, 0.1) is 17.5 Å². The van der Waals surface area contributed by atoms with Crippen molar-refractivity contribution < 1.29 is 14.6 Å². The molecule has 2 fully saturated rings. The topological polar surface area (TPSA) is 84.3 Å². The highest BCUT2D eigenvalue weighted by Gasteiger charge is 2.31. The molecule has 0 radical (unpaired) electrons. The number of carboxylic acid groups (broad SMARTS) is 1. The number of nitrogens with one attached hydrogen (secondary N) is 1. The maximum absolute atomic E-state index is 11.2. The van der Waals surface area contributed by atoms with Crippen LogP contribution in [0.2, 0.25) is 0 Å². The van der Waals surface area contributed by atoms with Gasteiger partial charge in [0.15, 0.2) is 5.69 Å². The van der Waals surface area contributed by atoms with Gasteiger partial charge in [-0.25, -0.2) is 4.79 Å². The van der Waals surface area contributed by atoms with Crippen molar-refractivity contribution in [3.8, 4) is 0 Å². The van der Waals surface area contributed by atoms with Crippen LogP contribution in [0.25, 0.3) is 0 Å². The minimum absolute atomic E-state index is 0.00488. The third-order valence-corrected chi connectivity index (χ3v) is 3.80. The van der Waals surface area contributed by atoms with Gasteiger partial charge in [-0.3, -0.25) is 0 Å². The lowest BCUT2D eigenvalue weighted by Crippen LogP contribution is -2.40. The summed E-state index contributed by atoms with van der Waals surface area (Å²) in [6, 6.07) is 2.10. The van der Waals surface area contributed by atoms with Crippen LogP contribution in [-0.4, -0.2) is 40.5 Å². The lowest BCUT2D eigenvalue weighted by atomic mass is 9.89. The lowest BCUT2D eigenvalue weighted by molar-refractivity contribution is 0.0328. The Labute approximate surface area is 111 Å². The molecule has 0 unspecified atom stereocenters. The van der Waals surface area contributed by atoms with E-state index in [-0.39, 0.29) is 17.8 Å². The second-order valence-corrected chi connectivity index (χ2v) is 5.28. The second kappa shape index (κ2) is 4.77. The third-order valence-electron chi connectivity index (χ3n) is 3.80. The fraction of sp³-hybridized carbons (Fsp3) is 0.615. The molecule has 1 heterocycles. The van der Waals surface area contributed by atoms with E-state index < -0.39 is 5.97 Å². The molecule has 0 spiro atoms. The maximum Gasteiger partial charge on any atom is 0.358 e. The number of hydrogen-bond donors (Lipinski definition) is 2. The van der Waals surface area contributed by atoms with E-state index in [4.69, 9.17) is 9.84 Å². The Morgan fingerprint density at radius 1 is 1.42 bits per heavy atom. The molecule has 2 N–H and O–H groups in total. The van der Waals surface area contributed by atoms with Crippen molar-refractivity contribution >= 4 is 11.7 Å². The van der Waals surface area contributed by atoms with Crippen LogP contribution >= 0.6 is 0 Å². The van der Waals surface area contributed by atoms with Crippen LogP contribution in [0.1, 0.15) is 47.8 Å². The number of carbonyl (C=O) groups is 1. The molecule has 0 amide bonds. The van der Waals surface area contributed by atoms with Crippen molar-refractivity contribution in [1.29, 1.82) is 0 Å². The first-order chi connectivity index (χ1) is 9.17. The molecule has 2 aliphatic carbocycles. The van der Waals surface area contributed by atoms with E-state index in [9.17, 15) is 4.79 Å². The van der Waals surface area contributed by atoms with Crippen molar-refractivity contribution in [1.82, 2.24) is 10.2 Å². The summed E-state index contributed by atoms with van der Waals surface area (Å²) in [5.74, 6) is -0.580. The summed E-state index contributed by atoms with van der Waals surface area (Å²) in [5.41, 5.74) is 1.49. The van der Waals surface area contributed by atoms with Crippen LogP contribution in [0.3, 0.4) is 0 Å². The lowest BCUT2D eigenvalue weighted by Gasteiger charge is -2.35. The first-order valence-electron chi connectivity index (χ1n) is 6.57. The highest BCUT2D eigenvalue weighted by molar-refractivity contribution is 5.91. The Morgan fingerprint density at radius 3 is 2.74 bits per heavy atom. The standard InChI is InChI=1S/C13H17N3O3/c1-19-9-4-8(5-9)14-11-6-10(7-2-3-7)15-16-12(11)13(17)18/h6-9H,2-5H2,1H3,(H,14,15)(H,17,18). The third kappa shape index (κ3) is 2.53. The van der Waals surface area contributed by atoms with Gasteiger partial charge in [-0.1, -0.05) is 0 Å². The summed E-state index contributed by atoms with van der Waals surface area (Å²) in [5, 5.41) is 20.3. The van der Waals surface area contributed by atoms with Crippen LogP contribution in [0.4, 0.5) is 5.69 Å². The molecule has 6 nitrogen and oxygen atoms in total. The average Bonchev–Trinajstić information content (AvgIpc) is 3.16. The number of nitrogens with zero attached hydrogens (tertiary/aromatic N) is 2. The molecule has 102 valence electrons. The SMILES string of the molecule is COC1CC(Nc2cc(C3CC3)nnc2C(=O)O)C1. The van der Waals surface area contributed by atoms with Crippen LogP contribution in [0, 0.1) is 0 Å². The number of anilines is 1. The normalized spacial score (nSPS) is 25.7. The van der Waals surface area contributed by atoms with Crippen LogP contribution in [0.15, 0.2) is 6.07 Å². The quantitative estimate of drug-likeness (QED) is 0.840. The first-order valence-corrected chi connectivity index (χ1v) is 6.57. The summed E-state index contributed by atoms with van der Waals surface area (Å²) < 4.78 is 5.22. The Hall–Kier alpha value is -1.69. The van der Waals surface area contributed by atoms with E-state index >= 15 is 0 Å². The second-order valence-electron chi connectivity index (χ2n) is 5.28. The molecule has 19 heavy (non-hydrogen) atoms. The molecule has 6 heteroatoms. The summed E-state index contributed by atoms with van der Waals surface area (Å²) in [4.78, 5) is 11.2. The number of ether oxygens (including phenoxy) is 1. The van der Waals surface area contributed by atoms with E-state index in [1.54, 1.807) is 7.11 Å². The van der Waals surface area contributed by atoms with Crippen molar-refractivity contribution in [2.45, 2.75) is 43.7 Å². The van der Waals surface area contributed by atoms with Gasteiger partial charge in [0.2, 0.25) is 0 Å². The number of rotatable bonds is 5. The average molecular weight is 263 g/mol. The van der Waals surface area contributed by atoms with Crippen LogP contribution in [0.5, 0.6) is 0 Å². The predicted octanol–water partition coefficient (Wildman–Crippen LogP) is 1.64. The largest absolute Gasteiger partial charge is 0.476 e. The van der Waals surface area contributed by atoms with E-state index in [1.807, 2.05) is 6.07 Å². The number of hydrogen-bond acceptors (Lipinski definition) is 5. The van der Waals surface area contributed by atoms with E-state index in [1.165, 1.54) is 0 Å². The summed E-state index contributed by atoms with van der Waals surface area (Å²) in [6.45, 7) is 0. The molecule has 0 aromatic carbocycles. The number of methoxy groups -OCH3 is 1. The van der Waals surface area contributed by atoms with Crippen molar-refractivity contribution in [3.63, 3.8) is 0 Å². The Morgan fingerprint density at radius 2 is 2.16 bits per heavy atom. The zero-order chi connectivity index (χ0) is 13.4. The van der Waals surface area contributed by atoms with Gasteiger partial charge in [0.1, 0.15) is 0 Å². The van der Waals surface area contributed by atoms with Crippen molar-refractivity contribution in [3.05, 3.63) is 17.5 Å². The molecule has 0 atom stereocenters. The zero-order valence-corrected chi connectivity index (χ0v) is 10.8. The van der Waals surface area contributed by atoms with Crippen LogP contribution < -0.4 is 5.32 Å². The van der Waals surface area contributed by atoms with Gasteiger partial charge in [-0.2, -0.15) is 5.10 Å². The number of aromatic nitrogens is 2. The minimum atomic E-state index is -1.04. The molecular formula is C13H17N3O3. The number of carboxylic acids is 1. The molecule has 2 saturated carbocycles. The van der Waals surface area contributed by atoms with Gasteiger partial charge in [-0.15, -0.1) is 5.10 Å². The van der Waals surface area contributed by atoms with E-state index in [0.717, 1.165) is 31.4 Å². The first kappa shape index (κ1) is 12.3. The summed E-state index contributed by atoms with van der Waals surface area (Å²) in [6.07, 6.45) is 4.32. The highest BCUT2D eigenvalue weighted by atomic mass is 16.5. The van der Waals surface area contributed by atoms with Gasteiger partial charge in [0, 0.05) is 19.1 Å². The maximum atomic E-state index is 11.2. The monoisotopic (exact) mass is 263 g/mol. The van der Waals surface area contributed by atoms with E-state index in [2.05, 4.69) is 15.5 Å². The Bertz CT molecular complexity index is 496. The molecule has 1 aromatic rings. The number of aromatic carboxylic acids is 1. The summed E-state index contributed by atoms with van der Waals surface area (Å²) in [7, 11) is 1.70. The molecule has 0 saturated heterocycles.